The number of nitrogens with zero attached hydrogens (tertiary/aromatic N) is 4. The molecular weight excluding hydrogens is 444 g/mol. The third-order valence-corrected chi connectivity index (χ3v) is 6.13. The molecule has 8 heteroatoms. The number of hydrogen-bond donors (Lipinski definition) is 0. The SMILES string of the molecule is CCC(Oc1ccc(-c2cnc3ccccc3n2)cc1)C(=O)N1CCN(C(=O)c2ccco2)CC1. The standard InChI is InChI=1S/C27H26N4O4/c1-2-24(26(32)30-13-15-31(16-14-30)27(33)25-8-5-17-34-25)35-20-11-9-19(10-12-20)23-18-28-21-6-3-4-7-22(21)29-23/h3-12,17-18,24H,2,13-16H2,1H3. The van der Waals surface area contributed by atoms with Crippen LogP contribution in [0.15, 0.2) is 77.5 Å². The van der Waals surface area contributed by atoms with Crippen molar-refractivity contribution >= 4 is 22.8 Å². The molecule has 2 amide bonds. The molecule has 0 aliphatic carbocycles. The third kappa shape index (κ3) is 4.87. The van der Waals surface area contributed by atoms with E-state index in [0.29, 0.717) is 44.1 Å². The lowest BCUT2D eigenvalue weighted by Crippen LogP contribution is -2.53. The Morgan fingerprint density at radius 2 is 1.66 bits per heavy atom. The van der Waals surface area contributed by atoms with Gasteiger partial charge in [-0.3, -0.25) is 14.6 Å². The molecule has 0 bridgehead atoms. The first-order chi connectivity index (χ1) is 17.1. The first-order valence-corrected chi connectivity index (χ1v) is 11.7. The number of fused-ring (bicyclic) bond motifs is 1. The molecule has 35 heavy (non-hydrogen) atoms. The summed E-state index contributed by atoms with van der Waals surface area (Å²) in [6.07, 6.45) is 3.20. The number of carbonyl (C=O) groups excluding carboxylic acids is 2. The van der Waals surface area contributed by atoms with Gasteiger partial charge in [0.25, 0.3) is 11.8 Å². The van der Waals surface area contributed by atoms with E-state index in [1.807, 2.05) is 55.5 Å². The molecular formula is C27H26N4O4. The van der Waals surface area contributed by atoms with Gasteiger partial charge in [0.05, 0.1) is 29.2 Å². The quantitative estimate of drug-likeness (QED) is 0.423. The van der Waals surface area contributed by atoms with Crippen molar-refractivity contribution in [3.05, 3.63) is 78.9 Å². The van der Waals surface area contributed by atoms with Crippen LogP contribution in [0.2, 0.25) is 0 Å². The normalized spacial score (nSPS) is 14.7. The number of benzene rings is 2. The number of amides is 2. The van der Waals surface area contributed by atoms with Crippen LogP contribution in [0.1, 0.15) is 23.9 Å². The second-order valence-corrected chi connectivity index (χ2v) is 8.38. The Hall–Kier alpha value is -4.20. The molecule has 2 aromatic carbocycles. The lowest BCUT2D eigenvalue weighted by atomic mass is 10.1. The molecule has 178 valence electrons. The molecule has 1 atom stereocenters. The van der Waals surface area contributed by atoms with E-state index >= 15 is 0 Å². The van der Waals surface area contributed by atoms with Crippen molar-refractivity contribution in [1.29, 1.82) is 0 Å². The van der Waals surface area contributed by atoms with Gasteiger partial charge in [0.2, 0.25) is 0 Å². The van der Waals surface area contributed by atoms with Gasteiger partial charge in [-0.15, -0.1) is 0 Å². The maximum Gasteiger partial charge on any atom is 0.289 e. The van der Waals surface area contributed by atoms with Crippen LogP contribution < -0.4 is 4.74 Å². The van der Waals surface area contributed by atoms with E-state index in [0.717, 1.165) is 22.3 Å². The van der Waals surface area contributed by atoms with Gasteiger partial charge in [0.15, 0.2) is 11.9 Å². The Morgan fingerprint density at radius 3 is 2.34 bits per heavy atom. The Balaban J connectivity index is 1.20. The number of piperazine rings is 1. The number of rotatable bonds is 6. The predicted octanol–water partition coefficient (Wildman–Crippen LogP) is 4.03. The molecule has 0 spiro atoms. The first-order valence-electron chi connectivity index (χ1n) is 11.7. The minimum absolute atomic E-state index is 0.0675. The van der Waals surface area contributed by atoms with E-state index in [-0.39, 0.29) is 11.8 Å². The summed E-state index contributed by atoms with van der Waals surface area (Å²) < 4.78 is 11.3. The highest BCUT2D eigenvalue weighted by atomic mass is 16.5. The van der Waals surface area contributed by atoms with Crippen LogP contribution in [0, 0.1) is 0 Å². The summed E-state index contributed by atoms with van der Waals surface area (Å²) in [5.74, 6) is 0.718. The number of para-hydroxylation sites is 2. The van der Waals surface area contributed by atoms with Crippen LogP contribution >= 0.6 is 0 Å². The first kappa shape index (κ1) is 22.6. The molecule has 2 aromatic heterocycles. The molecule has 1 aliphatic rings. The molecule has 8 nitrogen and oxygen atoms in total. The Labute approximate surface area is 203 Å². The van der Waals surface area contributed by atoms with Crippen LogP contribution in [-0.4, -0.2) is 63.9 Å². The van der Waals surface area contributed by atoms with Crippen LogP contribution in [-0.2, 0) is 4.79 Å². The maximum atomic E-state index is 13.1. The summed E-state index contributed by atoms with van der Waals surface area (Å²) in [4.78, 5) is 38.2. The van der Waals surface area contributed by atoms with E-state index < -0.39 is 6.10 Å². The highest BCUT2D eigenvalue weighted by molar-refractivity contribution is 5.91. The summed E-state index contributed by atoms with van der Waals surface area (Å²) >= 11 is 0. The third-order valence-electron chi connectivity index (χ3n) is 6.13. The van der Waals surface area contributed by atoms with Crippen molar-refractivity contribution in [3.8, 4) is 17.0 Å². The van der Waals surface area contributed by atoms with Crippen molar-refractivity contribution in [2.45, 2.75) is 19.4 Å². The van der Waals surface area contributed by atoms with Crippen LogP contribution in [0.25, 0.3) is 22.3 Å². The van der Waals surface area contributed by atoms with Gasteiger partial charge in [-0.2, -0.15) is 0 Å². The lowest BCUT2D eigenvalue weighted by molar-refractivity contribution is -0.140. The Morgan fingerprint density at radius 1 is 0.943 bits per heavy atom. The fourth-order valence-electron chi connectivity index (χ4n) is 4.16. The molecule has 5 rings (SSSR count). The van der Waals surface area contributed by atoms with Gasteiger partial charge in [-0.25, -0.2) is 4.98 Å². The van der Waals surface area contributed by atoms with E-state index in [2.05, 4.69) is 9.97 Å². The molecule has 1 aliphatic heterocycles. The average molecular weight is 471 g/mol. The van der Waals surface area contributed by atoms with Crippen molar-refractivity contribution in [2.24, 2.45) is 0 Å². The van der Waals surface area contributed by atoms with E-state index in [1.54, 1.807) is 28.1 Å². The molecule has 3 heterocycles. The van der Waals surface area contributed by atoms with Crippen molar-refractivity contribution in [3.63, 3.8) is 0 Å². The highest BCUT2D eigenvalue weighted by Crippen LogP contribution is 2.23. The fraction of sp³-hybridized carbons (Fsp3) is 0.259. The fourth-order valence-corrected chi connectivity index (χ4v) is 4.16. The van der Waals surface area contributed by atoms with Crippen molar-refractivity contribution in [1.82, 2.24) is 19.8 Å². The molecule has 1 fully saturated rings. The second kappa shape index (κ2) is 9.97. The zero-order valence-electron chi connectivity index (χ0n) is 19.5. The summed E-state index contributed by atoms with van der Waals surface area (Å²) in [6, 6.07) is 18.6. The van der Waals surface area contributed by atoms with Crippen LogP contribution in [0.4, 0.5) is 0 Å². The van der Waals surface area contributed by atoms with Crippen LogP contribution in [0.5, 0.6) is 5.75 Å². The topological polar surface area (TPSA) is 88.8 Å². The smallest absolute Gasteiger partial charge is 0.289 e. The van der Waals surface area contributed by atoms with Crippen molar-refractivity contribution < 1.29 is 18.7 Å². The summed E-state index contributed by atoms with van der Waals surface area (Å²) in [5.41, 5.74) is 3.40. The minimum atomic E-state index is -0.589. The number of furan rings is 1. The largest absolute Gasteiger partial charge is 0.481 e. The van der Waals surface area contributed by atoms with E-state index in [9.17, 15) is 9.59 Å². The average Bonchev–Trinajstić information content (AvgIpc) is 3.46. The highest BCUT2D eigenvalue weighted by Gasteiger charge is 2.30. The van der Waals surface area contributed by atoms with Gasteiger partial charge in [0, 0.05) is 31.7 Å². The monoisotopic (exact) mass is 470 g/mol. The molecule has 0 radical (unpaired) electrons. The van der Waals surface area contributed by atoms with Gasteiger partial charge in [-0.1, -0.05) is 19.1 Å². The molecule has 1 unspecified atom stereocenters. The zero-order chi connectivity index (χ0) is 24.2. The number of hydrogen-bond acceptors (Lipinski definition) is 6. The van der Waals surface area contributed by atoms with Gasteiger partial charge in [0.1, 0.15) is 5.75 Å². The maximum absolute atomic E-state index is 13.1. The van der Waals surface area contributed by atoms with Crippen molar-refractivity contribution in [2.75, 3.05) is 26.2 Å². The minimum Gasteiger partial charge on any atom is -0.481 e. The molecule has 4 aromatic rings. The molecule has 0 N–H and O–H groups in total. The van der Waals surface area contributed by atoms with Gasteiger partial charge >= 0.3 is 0 Å². The van der Waals surface area contributed by atoms with Crippen LogP contribution in [0.3, 0.4) is 0 Å². The predicted molar refractivity (Wildman–Crippen MR) is 131 cm³/mol. The summed E-state index contributed by atoms with van der Waals surface area (Å²) in [7, 11) is 0. The summed E-state index contributed by atoms with van der Waals surface area (Å²) in [5, 5.41) is 0. The number of aromatic nitrogens is 2. The lowest BCUT2D eigenvalue weighted by Gasteiger charge is -2.35. The summed E-state index contributed by atoms with van der Waals surface area (Å²) in [6.45, 7) is 3.78. The second-order valence-electron chi connectivity index (χ2n) is 8.38. The van der Waals surface area contributed by atoms with E-state index in [4.69, 9.17) is 9.15 Å². The van der Waals surface area contributed by atoms with Gasteiger partial charge in [-0.05, 0) is 55.0 Å². The molecule has 1 saturated heterocycles. The van der Waals surface area contributed by atoms with Gasteiger partial charge < -0.3 is 19.0 Å². The number of carbonyl (C=O) groups is 2. The zero-order valence-corrected chi connectivity index (χ0v) is 19.5. The Kier molecular flexibility index (Phi) is 6.43. The van der Waals surface area contributed by atoms with E-state index in [1.165, 1.54) is 6.26 Å². The number of ether oxygens (including phenoxy) is 1. The Bertz CT molecular complexity index is 1310. The molecule has 0 saturated carbocycles.